The summed E-state index contributed by atoms with van der Waals surface area (Å²) in [6.07, 6.45) is 2.56. The quantitative estimate of drug-likeness (QED) is 0.218. The zero-order valence-electron chi connectivity index (χ0n) is 19.9. The van der Waals surface area contributed by atoms with Crippen LogP contribution in [0.2, 0.25) is 5.02 Å². The molecule has 8 heteroatoms. The number of halogens is 1. The molecule has 0 unspecified atom stereocenters. The molecule has 6 nitrogen and oxygen atoms in total. The third kappa shape index (κ3) is 5.42. The minimum Gasteiger partial charge on any atom is -0.488 e. The third-order valence-corrected chi connectivity index (χ3v) is 6.58. The fourth-order valence-corrected chi connectivity index (χ4v) is 4.33. The highest BCUT2D eigenvalue weighted by atomic mass is 35.5. The van der Waals surface area contributed by atoms with Gasteiger partial charge in [-0.2, -0.15) is 0 Å². The van der Waals surface area contributed by atoms with Crippen LogP contribution in [0.5, 0.6) is 5.75 Å². The number of nitrogens with zero attached hydrogens (tertiary/aromatic N) is 2. The number of anilines is 1. The van der Waals surface area contributed by atoms with Gasteiger partial charge < -0.3 is 14.4 Å². The molecule has 0 saturated carbocycles. The molecule has 3 aromatic carbocycles. The number of hydrogen-bond donors (Lipinski definition) is 0. The van der Waals surface area contributed by atoms with E-state index in [1.807, 2.05) is 66.7 Å². The lowest BCUT2D eigenvalue weighted by Gasteiger charge is -2.19. The molecule has 0 radical (unpaired) electrons. The lowest BCUT2D eigenvalue weighted by Crippen LogP contribution is -2.35. The van der Waals surface area contributed by atoms with Crippen molar-refractivity contribution >= 4 is 52.6 Å². The smallest absolute Gasteiger partial charge is 0.325 e. The summed E-state index contributed by atoms with van der Waals surface area (Å²) in [5.41, 5.74) is 3.52. The molecular formula is C28H25ClN2O4S. The second-order valence-corrected chi connectivity index (χ2v) is 8.83. The van der Waals surface area contributed by atoms with Crippen LogP contribution < -0.4 is 9.64 Å². The van der Waals surface area contributed by atoms with Crippen LogP contribution in [-0.2, 0) is 27.4 Å². The first kappa shape index (κ1) is 25.4. The van der Waals surface area contributed by atoms with Crippen LogP contribution in [0.25, 0.3) is 6.08 Å². The number of methoxy groups -OCH3 is 1. The highest BCUT2D eigenvalue weighted by Crippen LogP contribution is 2.31. The molecule has 1 fully saturated rings. The first-order chi connectivity index (χ1) is 17.4. The number of para-hydroxylation sites is 1. The number of hydrogen-bond acceptors (Lipinski definition) is 5. The molecule has 0 aromatic heterocycles. The van der Waals surface area contributed by atoms with Crippen LogP contribution in [0.3, 0.4) is 0 Å². The summed E-state index contributed by atoms with van der Waals surface area (Å²) in [6, 6.07) is 22.4. The van der Waals surface area contributed by atoms with E-state index in [-0.39, 0.29) is 29.9 Å². The first-order valence-corrected chi connectivity index (χ1v) is 12.2. The zero-order chi connectivity index (χ0) is 25.7. The number of esters is 1. The van der Waals surface area contributed by atoms with Crippen molar-refractivity contribution in [1.82, 2.24) is 4.90 Å². The molecule has 0 N–H and O–H groups in total. The van der Waals surface area contributed by atoms with Crippen LogP contribution in [0, 0.1) is 0 Å². The summed E-state index contributed by atoms with van der Waals surface area (Å²) >= 11 is 11.9. The van der Waals surface area contributed by atoms with Crippen LogP contribution in [0.4, 0.5) is 5.69 Å². The maximum absolute atomic E-state index is 13.6. The SMILES string of the molecule is CCc1ccc(N2C(=O)/C(=C/c3ccccc3OCc3ccccc3Cl)N(CC(=O)OC)C2=S)cc1. The summed E-state index contributed by atoms with van der Waals surface area (Å²) in [7, 11) is 1.30. The van der Waals surface area contributed by atoms with Crippen LogP contribution in [0.1, 0.15) is 23.6 Å². The number of carbonyl (C=O) groups is 2. The van der Waals surface area contributed by atoms with Crippen molar-refractivity contribution in [2.45, 2.75) is 20.0 Å². The van der Waals surface area contributed by atoms with Gasteiger partial charge in [0.2, 0.25) is 0 Å². The van der Waals surface area contributed by atoms with Gasteiger partial charge in [-0.15, -0.1) is 0 Å². The van der Waals surface area contributed by atoms with Gasteiger partial charge in [0.15, 0.2) is 5.11 Å². The molecule has 1 heterocycles. The Kier molecular flexibility index (Phi) is 8.03. The maximum atomic E-state index is 13.6. The van der Waals surface area contributed by atoms with Crippen molar-refractivity contribution in [3.63, 3.8) is 0 Å². The van der Waals surface area contributed by atoms with E-state index in [1.54, 1.807) is 12.1 Å². The van der Waals surface area contributed by atoms with E-state index in [0.717, 1.165) is 17.5 Å². The van der Waals surface area contributed by atoms with Crippen LogP contribution in [0.15, 0.2) is 78.5 Å². The largest absolute Gasteiger partial charge is 0.488 e. The number of thiocarbonyl (C=S) groups is 1. The molecule has 1 amide bonds. The molecule has 0 spiro atoms. The van der Waals surface area contributed by atoms with E-state index >= 15 is 0 Å². The molecule has 4 rings (SSSR count). The topological polar surface area (TPSA) is 59.1 Å². The Morgan fingerprint density at radius 3 is 2.42 bits per heavy atom. The summed E-state index contributed by atoms with van der Waals surface area (Å²) in [4.78, 5) is 28.7. The monoisotopic (exact) mass is 520 g/mol. The van der Waals surface area contributed by atoms with Gasteiger partial charge in [-0.1, -0.05) is 67.1 Å². The summed E-state index contributed by atoms with van der Waals surface area (Å²) in [6.45, 7) is 2.12. The average molecular weight is 521 g/mol. The molecule has 0 aliphatic carbocycles. The normalized spacial score (nSPS) is 14.5. The van der Waals surface area contributed by atoms with E-state index in [4.69, 9.17) is 33.3 Å². The predicted octanol–water partition coefficient (Wildman–Crippen LogP) is 5.63. The Morgan fingerprint density at radius 1 is 1.03 bits per heavy atom. The Bertz CT molecular complexity index is 1320. The van der Waals surface area contributed by atoms with Crippen molar-refractivity contribution in [3.8, 4) is 5.75 Å². The van der Waals surface area contributed by atoms with E-state index in [1.165, 1.54) is 16.9 Å². The summed E-state index contributed by atoms with van der Waals surface area (Å²) < 4.78 is 10.9. The van der Waals surface area contributed by atoms with Crippen molar-refractivity contribution < 1.29 is 19.1 Å². The molecule has 0 atom stereocenters. The van der Waals surface area contributed by atoms with E-state index in [2.05, 4.69) is 6.92 Å². The molecule has 3 aromatic rings. The minimum absolute atomic E-state index is 0.195. The van der Waals surface area contributed by atoms with Gasteiger partial charge >= 0.3 is 5.97 Å². The average Bonchev–Trinajstić information content (AvgIpc) is 3.12. The molecule has 0 bridgehead atoms. The number of aryl methyl sites for hydroxylation is 1. The summed E-state index contributed by atoms with van der Waals surface area (Å²) in [5, 5.41) is 0.814. The standard InChI is InChI=1S/C28H25ClN2O4S/c1-3-19-12-14-22(15-13-19)31-27(33)24(30(28(31)36)17-26(32)34-2)16-20-8-5-7-11-25(20)35-18-21-9-4-6-10-23(21)29/h4-16H,3,17-18H2,1-2H3/b24-16-. The summed E-state index contributed by atoms with van der Waals surface area (Å²) in [5.74, 6) is -0.288. The Labute approximate surface area is 220 Å². The molecule has 1 saturated heterocycles. The Balaban J connectivity index is 1.69. The Morgan fingerprint density at radius 2 is 1.72 bits per heavy atom. The molecule has 184 valence electrons. The minimum atomic E-state index is -0.512. The van der Waals surface area contributed by atoms with Crippen molar-refractivity contribution in [2.24, 2.45) is 0 Å². The van der Waals surface area contributed by atoms with Gasteiger partial charge in [0.25, 0.3) is 5.91 Å². The lowest BCUT2D eigenvalue weighted by atomic mass is 10.1. The number of ether oxygens (including phenoxy) is 2. The van der Waals surface area contributed by atoms with Crippen LogP contribution >= 0.6 is 23.8 Å². The van der Waals surface area contributed by atoms with Crippen molar-refractivity contribution in [3.05, 3.63) is 100 Å². The number of benzene rings is 3. The van der Waals surface area contributed by atoms with Gasteiger partial charge in [-0.05, 0) is 54.5 Å². The molecule has 1 aliphatic rings. The highest BCUT2D eigenvalue weighted by Gasteiger charge is 2.40. The van der Waals surface area contributed by atoms with E-state index < -0.39 is 5.97 Å². The zero-order valence-corrected chi connectivity index (χ0v) is 21.5. The fourth-order valence-electron chi connectivity index (χ4n) is 3.78. The molecule has 36 heavy (non-hydrogen) atoms. The second kappa shape index (κ2) is 11.4. The fraction of sp³-hybridized carbons (Fsp3) is 0.179. The second-order valence-electron chi connectivity index (χ2n) is 8.05. The van der Waals surface area contributed by atoms with Gasteiger partial charge in [0, 0.05) is 16.1 Å². The number of amides is 1. The van der Waals surface area contributed by atoms with Crippen molar-refractivity contribution in [1.29, 1.82) is 0 Å². The van der Waals surface area contributed by atoms with Gasteiger partial charge in [-0.3, -0.25) is 14.5 Å². The van der Waals surface area contributed by atoms with Gasteiger partial charge in [0.05, 0.1) is 12.8 Å². The highest BCUT2D eigenvalue weighted by molar-refractivity contribution is 7.80. The Hall–Kier alpha value is -3.68. The lowest BCUT2D eigenvalue weighted by molar-refractivity contribution is -0.140. The molecule has 1 aliphatic heterocycles. The van der Waals surface area contributed by atoms with Crippen LogP contribution in [-0.4, -0.2) is 35.5 Å². The van der Waals surface area contributed by atoms with Gasteiger partial charge in [0.1, 0.15) is 24.6 Å². The van der Waals surface area contributed by atoms with E-state index in [0.29, 0.717) is 22.0 Å². The van der Waals surface area contributed by atoms with Crippen molar-refractivity contribution in [2.75, 3.05) is 18.6 Å². The third-order valence-electron chi connectivity index (χ3n) is 5.81. The molecular weight excluding hydrogens is 496 g/mol. The number of rotatable bonds is 8. The van der Waals surface area contributed by atoms with Gasteiger partial charge in [-0.25, -0.2) is 0 Å². The maximum Gasteiger partial charge on any atom is 0.325 e. The van der Waals surface area contributed by atoms with E-state index in [9.17, 15) is 9.59 Å². The predicted molar refractivity (Wildman–Crippen MR) is 145 cm³/mol. The first-order valence-electron chi connectivity index (χ1n) is 11.4. The number of carbonyl (C=O) groups excluding carboxylic acids is 2.